The molecule has 0 aliphatic carbocycles. The first-order valence-electron chi connectivity index (χ1n) is 5.42. The Morgan fingerprint density at radius 2 is 2.06 bits per heavy atom. The molecular formula is C11H18O5. The van der Waals surface area contributed by atoms with E-state index in [2.05, 4.69) is 6.58 Å². The van der Waals surface area contributed by atoms with E-state index in [-0.39, 0.29) is 24.9 Å². The van der Waals surface area contributed by atoms with Crippen molar-refractivity contribution in [2.75, 3.05) is 13.2 Å². The van der Waals surface area contributed by atoms with Gasteiger partial charge in [0, 0.05) is 0 Å². The van der Waals surface area contributed by atoms with E-state index in [4.69, 9.17) is 18.9 Å². The molecule has 2 fully saturated rings. The van der Waals surface area contributed by atoms with Crippen LogP contribution in [0.3, 0.4) is 0 Å². The summed E-state index contributed by atoms with van der Waals surface area (Å²) in [4.78, 5) is 0. The molecule has 0 aromatic carbocycles. The summed E-state index contributed by atoms with van der Waals surface area (Å²) in [5.41, 5.74) is 0. The van der Waals surface area contributed by atoms with Gasteiger partial charge in [-0.3, -0.25) is 0 Å². The molecule has 4 atom stereocenters. The van der Waals surface area contributed by atoms with Gasteiger partial charge in [0.25, 0.3) is 0 Å². The lowest BCUT2D eigenvalue weighted by molar-refractivity contribution is -0.233. The Bertz CT molecular complexity index is 265. The van der Waals surface area contributed by atoms with Crippen molar-refractivity contribution in [3.05, 3.63) is 12.7 Å². The lowest BCUT2D eigenvalue weighted by Gasteiger charge is -2.23. The van der Waals surface area contributed by atoms with E-state index in [0.29, 0.717) is 6.61 Å². The van der Waals surface area contributed by atoms with Crippen LogP contribution in [0, 0.1) is 0 Å². The minimum atomic E-state index is -0.650. The molecule has 0 aromatic heterocycles. The summed E-state index contributed by atoms with van der Waals surface area (Å²) >= 11 is 0. The second kappa shape index (κ2) is 4.43. The van der Waals surface area contributed by atoms with E-state index < -0.39 is 12.1 Å². The van der Waals surface area contributed by atoms with Crippen molar-refractivity contribution >= 4 is 0 Å². The highest BCUT2D eigenvalue weighted by Crippen LogP contribution is 2.38. The maximum Gasteiger partial charge on any atom is 0.187 e. The van der Waals surface area contributed by atoms with Gasteiger partial charge in [0.2, 0.25) is 0 Å². The summed E-state index contributed by atoms with van der Waals surface area (Å²) in [7, 11) is 0. The van der Waals surface area contributed by atoms with Crippen molar-refractivity contribution in [3.8, 4) is 0 Å². The average molecular weight is 230 g/mol. The first-order valence-corrected chi connectivity index (χ1v) is 5.42. The van der Waals surface area contributed by atoms with Crippen LogP contribution in [0.2, 0.25) is 0 Å². The van der Waals surface area contributed by atoms with Gasteiger partial charge >= 0.3 is 0 Å². The van der Waals surface area contributed by atoms with Crippen LogP contribution in [-0.4, -0.2) is 48.7 Å². The summed E-state index contributed by atoms with van der Waals surface area (Å²) in [6.45, 7) is 7.53. The van der Waals surface area contributed by atoms with Crippen LogP contribution in [0.4, 0.5) is 0 Å². The molecule has 0 unspecified atom stereocenters. The summed E-state index contributed by atoms with van der Waals surface area (Å²) in [5, 5.41) is 9.19. The van der Waals surface area contributed by atoms with Crippen molar-refractivity contribution in [2.24, 2.45) is 0 Å². The van der Waals surface area contributed by atoms with Crippen molar-refractivity contribution in [1.29, 1.82) is 0 Å². The minimum absolute atomic E-state index is 0.103. The number of hydrogen-bond donors (Lipinski definition) is 1. The van der Waals surface area contributed by atoms with Gasteiger partial charge in [0.15, 0.2) is 12.1 Å². The molecule has 0 spiro atoms. The molecule has 5 nitrogen and oxygen atoms in total. The summed E-state index contributed by atoms with van der Waals surface area (Å²) < 4.78 is 22.3. The van der Waals surface area contributed by atoms with E-state index >= 15 is 0 Å². The molecule has 2 aliphatic rings. The zero-order valence-electron chi connectivity index (χ0n) is 9.59. The van der Waals surface area contributed by atoms with Crippen molar-refractivity contribution in [3.63, 3.8) is 0 Å². The van der Waals surface area contributed by atoms with Crippen molar-refractivity contribution in [1.82, 2.24) is 0 Å². The molecule has 2 rings (SSSR count). The van der Waals surface area contributed by atoms with Crippen LogP contribution in [0.15, 0.2) is 12.7 Å². The first-order chi connectivity index (χ1) is 7.57. The number of fused-ring (bicyclic) bond motifs is 1. The van der Waals surface area contributed by atoms with Gasteiger partial charge < -0.3 is 24.1 Å². The second-order valence-electron chi connectivity index (χ2n) is 4.41. The monoisotopic (exact) mass is 230 g/mol. The Hall–Kier alpha value is -0.460. The molecule has 0 radical (unpaired) electrons. The third kappa shape index (κ3) is 2.14. The number of aliphatic hydroxyl groups is 1. The Kier molecular flexibility index (Phi) is 3.32. The molecule has 0 saturated carbocycles. The molecular weight excluding hydrogens is 212 g/mol. The van der Waals surface area contributed by atoms with Gasteiger partial charge in [-0.25, -0.2) is 0 Å². The van der Waals surface area contributed by atoms with Crippen LogP contribution in [0.1, 0.15) is 13.8 Å². The SMILES string of the molecule is C=CCO[C@@H]1O[C@H](CO)[C@H]2OC(C)(C)O[C@@H]12. The minimum Gasteiger partial charge on any atom is -0.394 e. The average Bonchev–Trinajstić information content (AvgIpc) is 2.69. The first kappa shape index (κ1) is 12.0. The van der Waals surface area contributed by atoms with Gasteiger partial charge in [-0.2, -0.15) is 0 Å². The third-order valence-electron chi connectivity index (χ3n) is 2.67. The molecule has 2 aliphatic heterocycles. The number of hydrogen-bond acceptors (Lipinski definition) is 5. The number of ether oxygens (including phenoxy) is 4. The highest BCUT2D eigenvalue weighted by atomic mass is 16.8. The highest BCUT2D eigenvalue weighted by molar-refractivity contribution is 4.95. The smallest absolute Gasteiger partial charge is 0.187 e. The topological polar surface area (TPSA) is 57.2 Å². The van der Waals surface area contributed by atoms with E-state index in [1.807, 2.05) is 13.8 Å². The van der Waals surface area contributed by atoms with Crippen LogP contribution >= 0.6 is 0 Å². The fraction of sp³-hybridized carbons (Fsp3) is 0.818. The van der Waals surface area contributed by atoms with Crippen LogP contribution in [0.5, 0.6) is 0 Å². The normalized spacial score (nSPS) is 40.9. The van der Waals surface area contributed by atoms with Crippen LogP contribution in [0.25, 0.3) is 0 Å². The lowest BCUT2D eigenvalue weighted by Crippen LogP contribution is -2.32. The molecule has 0 aromatic rings. The van der Waals surface area contributed by atoms with Gasteiger partial charge in [0.05, 0.1) is 13.2 Å². The largest absolute Gasteiger partial charge is 0.394 e. The van der Waals surface area contributed by atoms with Gasteiger partial charge in [0.1, 0.15) is 18.3 Å². The Balaban J connectivity index is 2.04. The molecule has 2 saturated heterocycles. The quantitative estimate of drug-likeness (QED) is 0.710. The van der Waals surface area contributed by atoms with Gasteiger partial charge in [-0.1, -0.05) is 6.08 Å². The zero-order valence-corrected chi connectivity index (χ0v) is 9.59. The lowest BCUT2D eigenvalue weighted by atomic mass is 10.1. The molecule has 0 bridgehead atoms. The Morgan fingerprint density at radius 3 is 2.69 bits per heavy atom. The molecule has 16 heavy (non-hydrogen) atoms. The molecule has 92 valence electrons. The predicted octanol–water partition coefficient (Wildman–Crippen LogP) is 0.426. The molecule has 2 heterocycles. The zero-order chi connectivity index (χ0) is 11.8. The highest BCUT2D eigenvalue weighted by Gasteiger charge is 2.55. The summed E-state index contributed by atoms with van der Waals surface area (Å²) in [6, 6.07) is 0. The summed E-state index contributed by atoms with van der Waals surface area (Å²) in [6.07, 6.45) is 0.205. The molecule has 0 amide bonds. The molecule has 5 heteroatoms. The van der Waals surface area contributed by atoms with E-state index in [9.17, 15) is 5.11 Å². The van der Waals surface area contributed by atoms with E-state index in [1.165, 1.54) is 0 Å². The number of rotatable bonds is 4. The van der Waals surface area contributed by atoms with Gasteiger partial charge in [-0.05, 0) is 13.8 Å². The Labute approximate surface area is 94.9 Å². The van der Waals surface area contributed by atoms with Crippen LogP contribution < -0.4 is 0 Å². The maximum atomic E-state index is 9.19. The Morgan fingerprint density at radius 1 is 1.38 bits per heavy atom. The third-order valence-corrected chi connectivity index (χ3v) is 2.67. The fourth-order valence-corrected chi connectivity index (χ4v) is 2.09. The fourth-order valence-electron chi connectivity index (χ4n) is 2.09. The second-order valence-corrected chi connectivity index (χ2v) is 4.41. The predicted molar refractivity (Wildman–Crippen MR) is 55.7 cm³/mol. The van der Waals surface area contributed by atoms with E-state index in [0.717, 1.165) is 0 Å². The van der Waals surface area contributed by atoms with Gasteiger partial charge in [-0.15, -0.1) is 6.58 Å². The van der Waals surface area contributed by atoms with Crippen molar-refractivity contribution in [2.45, 2.75) is 44.2 Å². The van der Waals surface area contributed by atoms with Crippen molar-refractivity contribution < 1.29 is 24.1 Å². The van der Waals surface area contributed by atoms with Crippen LogP contribution in [-0.2, 0) is 18.9 Å². The number of aliphatic hydroxyl groups excluding tert-OH is 1. The maximum absolute atomic E-state index is 9.19. The standard InChI is InChI=1S/C11H18O5/c1-4-5-13-10-9-8(7(6-12)14-10)15-11(2,3)16-9/h4,7-10,12H,1,5-6H2,2-3H3/t7-,8-,9-,10-/m1/s1. The van der Waals surface area contributed by atoms with E-state index in [1.54, 1.807) is 6.08 Å². The summed E-state index contributed by atoms with van der Waals surface area (Å²) in [5.74, 6) is -0.650. The molecule has 1 N–H and O–H groups in total.